The van der Waals surface area contributed by atoms with E-state index < -0.39 is 17.1 Å². The summed E-state index contributed by atoms with van der Waals surface area (Å²) < 4.78 is 5.26. The Hall–Kier alpha value is -1.32. The molecule has 0 N–H and O–H groups in total. The van der Waals surface area contributed by atoms with Crippen molar-refractivity contribution in [3.63, 3.8) is 0 Å². The first kappa shape index (κ1) is 14.7. The third-order valence-electron chi connectivity index (χ3n) is 3.12. The van der Waals surface area contributed by atoms with Crippen LogP contribution in [0, 0.1) is 5.41 Å². The van der Waals surface area contributed by atoms with Crippen LogP contribution in [-0.2, 0) is 9.53 Å². The second kappa shape index (κ2) is 4.75. The van der Waals surface area contributed by atoms with Gasteiger partial charge in [-0.2, -0.15) is 0 Å². The number of amides is 2. The van der Waals surface area contributed by atoms with E-state index in [9.17, 15) is 9.59 Å². The van der Waals surface area contributed by atoms with Crippen LogP contribution in [-0.4, -0.2) is 22.5 Å². The van der Waals surface area contributed by atoms with Crippen molar-refractivity contribution in [3.05, 3.63) is 11.8 Å². The second-order valence-corrected chi connectivity index (χ2v) is 6.22. The lowest BCUT2D eigenvalue weighted by molar-refractivity contribution is -0.139. The average molecular weight is 253 g/mol. The largest absolute Gasteiger partial charge is 0.443 e. The fourth-order valence-corrected chi connectivity index (χ4v) is 2.03. The first-order valence-corrected chi connectivity index (χ1v) is 6.33. The van der Waals surface area contributed by atoms with E-state index in [-0.39, 0.29) is 5.91 Å². The molecule has 102 valence electrons. The van der Waals surface area contributed by atoms with Crippen LogP contribution in [0.15, 0.2) is 11.8 Å². The lowest BCUT2D eigenvalue weighted by atomic mass is 9.78. The van der Waals surface area contributed by atoms with E-state index in [0.717, 1.165) is 10.5 Å². The van der Waals surface area contributed by atoms with Crippen LogP contribution in [0.2, 0.25) is 0 Å². The summed E-state index contributed by atoms with van der Waals surface area (Å²) >= 11 is 0. The van der Waals surface area contributed by atoms with Gasteiger partial charge in [0.05, 0.1) is 5.41 Å². The Morgan fingerprint density at radius 3 is 2.50 bits per heavy atom. The molecule has 0 aromatic carbocycles. The molecule has 18 heavy (non-hydrogen) atoms. The van der Waals surface area contributed by atoms with Crippen molar-refractivity contribution in [2.75, 3.05) is 0 Å². The number of hydrogen-bond acceptors (Lipinski definition) is 3. The lowest BCUT2D eigenvalue weighted by Gasteiger charge is -2.36. The van der Waals surface area contributed by atoms with Crippen molar-refractivity contribution in [3.8, 4) is 0 Å². The van der Waals surface area contributed by atoms with Gasteiger partial charge in [0.1, 0.15) is 5.60 Å². The monoisotopic (exact) mass is 253 g/mol. The molecule has 0 bridgehead atoms. The molecule has 0 aromatic heterocycles. The van der Waals surface area contributed by atoms with Gasteiger partial charge in [0.2, 0.25) is 5.91 Å². The number of carbonyl (C=O) groups is 2. The minimum Gasteiger partial charge on any atom is -0.443 e. The third-order valence-corrected chi connectivity index (χ3v) is 3.12. The molecule has 0 aromatic rings. The van der Waals surface area contributed by atoms with E-state index in [2.05, 4.69) is 0 Å². The van der Waals surface area contributed by atoms with Crippen LogP contribution < -0.4 is 0 Å². The van der Waals surface area contributed by atoms with E-state index in [1.165, 1.54) is 0 Å². The maximum atomic E-state index is 12.3. The molecule has 1 aliphatic heterocycles. The van der Waals surface area contributed by atoms with Gasteiger partial charge < -0.3 is 4.74 Å². The van der Waals surface area contributed by atoms with Gasteiger partial charge in [-0.15, -0.1) is 0 Å². The molecule has 0 saturated heterocycles. The minimum absolute atomic E-state index is 0.176. The van der Waals surface area contributed by atoms with Crippen LogP contribution in [0.4, 0.5) is 4.79 Å². The molecule has 0 aliphatic carbocycles. The summed E-state index contributed by atoms with van der Waals surface area (Å²) in [6, 6.07) is 0. The summed E-state index contributed by atoms with van der Waals surface area (Å²) in [5.41, 5.74) is -0.0839. The summed E-state index contributed by atoms with van der Waals surface area (Å²) in [7, 11) is 0. The van der Waals surface area contributed by atoms with Gasteiger partial charge in [-0.3, -0.25) is 4.79 Å². The van der Waals surface area contributed by atoms with Gasteiger partial charge in [0.25, 0.3) is 0 Å². The normalized spacial score (nSPS) is 24.9. The fraction of sp³-hybridized carbons (Fsp3) is 0.714. The molecule has 0 fully saturated rings. The van der Waals surface area contributed by atoms with E-state index in [0.29, 0.717) is 12.8 Å². The molecule has 1 atom stereocenters. The predicted molar refractivity (Wildman–Crippen MR) is 69.9 cm³/mol. The summed E-state index contributed by atoms with van der Waals surface area (Å²) in [5, 5.41) is 0. The third kappa shape index (κ3) is 3.12. The standard InChI is InChI=1S/C14H23NO3/c1-7-14(6)8-10(2)9-15(11(14)16)12(17)18-13(3,4)5/h9H,7-8H2,1-6H3. The highest BCUT2D eigenvalue weighted by Gasteiger charge is 2.41. The molecule has 0 saturated carbocycles. The van der Waals surface area contributed by atoms with Crippen molar-refractivity contribution >= 4 is 12.0 Å². The second-order valence-electron chi connectivity index (χ2n) is 6.22. The molecule has 1 rings (SSSR count). The minimum atomic E-state index is -0.598. The first-order valence-electron chi connectivity index (χ1n) is 6.33. The van der Waals surface area contributed by atoms with Crippen molar-refractivity contribution in [2.24, 2.45) is 5.41 Å². The zero-order valence-corrected chi connectivity index (χ0v) is 12.2. The molecular weight excluding hydrogens is 230 g/mol. The molecule has 0 spiro atoms. The number of ether oxygens (including phenoxy) is 1. The Morgan fingerprint density at radius 2 is 2.06 bits per heavy atom. The van der Waals surface area contributed by atoms with E-state index in [1.807, 2.05) is 20.8 Å². The zero-order chi connectivity index (χ0) is 14.1. The quantitative estimate of drug-likeness (QED) is 0.718. The molecule has 1 unspecified atom stereocenters. The molecule has 2 amide bonds. The highest BCUT2D eigenvalue weighted by molar-refractivity contribution is 5.97. The molecule has 0 radical (unpaired) electrons. The van der Waals surface area contributed by atoms with Gasteiger partial charge in [-0.25, -0.2) is 9.69 Å². The number of imide groups is 1. The predicted octanol–water partition coefficient (Wildman–Crippen LogP) is 3.47. The van der Waals surface area contributed by atoms with Crippen molar-refractivity contribution in [1.29, 1.82) is 0 Å². The van der Waals surface area contributed by atoms with Crippen LogP contribution in [0.3, 0.4) is 0 Å². The van der Waals surface area contributed by atoms with E-state index >= 15 is 0 Å². The number of hydrogen-bond donors (Lipinski definition) is 0. The Kier molecular flexibility index (Phi) is 3.89. The van der Waals surface area contributed by atoms with Gasteiger partial charge in [0.15, 0.2) is 0 Å². The highest BCUT2D eigenvalue weighted by atomic mass is 16.6. The van der Waals surface area contributed by atoms with Gasteiger partial charge in [-0.05, 0) is 40.5 Å². The summed E-state index contributed by atoms with van der Waals surface area (Å²) in [5.74, 6) is -0.176. The van der Waals surface area contributed by atoms with Crippen LogP contribution >= 0.6 is 0 Å². The van der Waals surface area contributed by atoms with Crippen molar-refractivity contribution in [2.45, 2.75) is 60.0 Å². The van der Waals surface area contributed by atoms with Crippen LogP contribution in [0.25, 0.3) is 0 Å². The Labute approximate surface area is 109 Å². The molecular formula is C14H23NO3. The maximum absolute atomic E-state index is 12.3. The van der Waals surface area contributed by atoms with E-state index in [1.54, 1.807) is 27.0 Å². The molecule has 4 nitrogen and oxygen atoms in total. The van der Waals surface area contributed by atoms with Gasteiger partial charge in [0, 0.05) is 6.20 Å². The van der Waals surface area contributed by atoms with Gasteiger partial charge in [-0.1, -0.05) is 19.4 Å². The summed E-state index contributed by atoms with van der Waals surface area (Å²) in [6.07, 6.45) is 2.40. The molecule has 1 aliphatic rings. The zero-order valence-electron chi connectivity index (χ0n) is 12.2. The topological polar surface area (TPSA) is 46.6 Å². The molecule has 4 heteroatoms. The number of carbonyl (C=O) groups excluding carboxylic acids is 2. The first-order chi connectivity index (χ1) is 8.09. The van der Waals surface area contributed by atoms with Crippen LogP contribution in [0.5, 0.6) is 0 Å². The maximum Gasteiger partial charge on any atom is 0.421 e. The van der Waals surface area contributed by atoms with Gasteiger partial charge >= 0.3 is 6.09 Å². The molecule has 1 heterocycles. The summed E-state index contributed by atoms with van der Waals surface area (Å²) in [4.78, 5) is 25.5. The van der Waals surface area contributed by atoms with Crippen molar-refractivity contribution in [1.82, 2.24) is 4.90 Å². The number of allylic oxidation sites excluding steroid dienone is 1. The average Bonchev–Trinajstić information content (AvgIpc) is 2.20. The lowest BCUT2D eigenvalue weighted by Crippen LogP contribution is -2.47. The van der Waals surface area contributed by atoms with E-state index in [4.69, 9.17) is 4.74 Å². The number of rotatable bonds is 1. The smallest absolute Gasteiger partial charge is 0.421 e. The highest BCUT2D eigenvalue weighted by Crippen LogP contribution is 2.36. The fourth-order valence-electron chi connectivity index (χ4n) is 2.03. The summed E-state index contributed by atoms with van der Waals surface area (Å²) in [6.45, 7) is 11.1. The van der Waals surface area contributed by atoms with Crippen LogP contribution in [0.1, 0.15) is 54.4 Å². The SMILES string of the molecule is CCC1(C)CC(C)=CN(C(=O)OC(C)(C)C)C1=O. The Balaban J connectivity index is 2.98. The number of nitrogens with zero attached hydrogens (tertiary/aromatic N) is 1. The Morgan fingerprint density at radius 1 is 1.50 bits per heavy atom. The Bertz CT molecular complexity index is 392. The van der Waals surface area contributed by atoms with Crippen molar-refractivity contribution < 1.29 is 14.3 Å².